The van der Waals surface area contributed by atoms with Gasteiger partial charge in [0.05, 0.1) is 11.8 Å². The predicted octanol–water partition coefficient (Wildman–Crippen LogP) is 2.20. The molecule has 3 rings (SSSR count). The lowest BCUT2D eigenvalue weighted by Gasteiger charge is -2.17. The number of para-hydroxylation sites is 2. The fourth-order valence-corrected chi connectivity index (χ4v) is 3.04. The average molecular weight is 332 g/mol. The van der Waals surface area contributed by atoms with Gasteiger partial charge in [-0.2, -0.15) is 0 Å². The summed E-state index contributed by atoms with van der Waals surface area (Å²) in [5.41, 5.74) is 0.660. The van der Waals surface area contributed by atoms with Gasteiger partial charge in [-0.15, -0.1) is 0 Å². The first-order valence-corrected chi connectivity index (χ1v) is 8.63. The molecule has 2 fully saturated rings. The van der Waals surface area contributed by atoms with E-state index in [9.17, 15) is 9.59 Å². The van der Waals surface area contributed by atoms with Crippen LogP contribution in [0, 0.1) is 0 Å². The number of carbonyl (C=O) groups is 2. The summed E-state index contributed by atoms with van der Waals surface area (Å²) in [4.78, 5) is 25.5. The van der Waals surface area contributed by atoms with Crippen molar-refractivity contribution in [1.82, 2.24) is 4.90 Å². The zero-order valence-electron chi connectivity index (χ0n) is 13.8. The van der Waals surface area contributed by atoms with Gasteiger partial charge in [0, 0.05) is 32.5 Å². The maximum absolute atomic E-state index is 12.2. The number of anilines is 1. The van der Waals surface area contributed by atoms with Crippen molar-refractivity contribution in [3.8, 4) is 5.75 Å². The van der Waals surface area contributed by atoms with E-state index in [-0.39, 0.29) is 17.9 Å². The maximum Gasteiger partial charge on any atom is 0.226 e. The van der Waals surface area contributed by atoms with Crippen molar-refractivity contribution in [2.24, 2.45) is 0 Å². The quantitative estimate of drug-likeness (QED) is 0.831. The number of hydrogen-bond acceptors (Lipinski definition) is 4. The molecule has 2 aliphatic rings. The largest absolute Gasteiger partial charge is 0.489 e. The Bertz CT molecular complexity index is 584. The number of benzene rings is 1. The first kappa shape index (κ1) is 16.8. The predicted molar refractivity (Wildman–Crippen MR) is 90.0 cm³/mol. The molecule has 1 aromatic rings. The van der Waals surface area contributed by atoms with E-state index in [2.05, 4.69) is 5.32 Å². The van der Waals surface area contributed by atoms with Gasteiger partial charge in [0.2, 0.25) is 11.8 Å². The summed E-state index contributed by atoms with van der Waals surface area (Å²) in [5, 5.41) is 2.88. The Balaban J connectivity index is 1.50. The van der Waals surface area contributed by atoms with Gasteiger partial charge >= 0.3 is 0 Å². The molecule has 1 unspecified atom stereocenters. The van der Waals surface area contributed by atoms with Crippen molar-refractivity contribution < 1.29 is 19.1 Å². The third kappa shape index (κ3) is 4.47. The third-order valence-electron chi connectivity index (χ3n) is 4.39. The molecular weight excluding hydrogens is 308 g/mol. The Labute approximate surface area is 142 Å². The normalized spacial score (nSPS) is 20.4. The number of carbonyl (C=O) groups excluding carboxylic acids is 2. The lowest BCUT2D eigenvalue weighted by molar-refractivity contribution is -0.128. The average Bonchev–Trinajstić information content (AvgIpc) is 3.24. The molecule has 0 spiro atoms. The van der Waals surface area contributed by atoms with Gasteiger partial charge in [0.1, 0.15) is 12.4 Å². The lowest BCUT2D eigenvalue weighted by atomic mass is 10.2. The van der Waals surface area contributed by atoms with Crippen molar-refractivity contribution in [1.29, 1.82) is 0 Å². The van der Waals surface area contributed by atoms with Crippen molar-refractivity contribution in [3.63, 3.8) is 0 Å². The monoisotopic (exact) mass is 332 g/mol. The van der Waals surface area contributed by atoms with Crippen LogP contribution in [0.2, 0.25) is 0 Å². The second-order valence-electron chi connectivity index (χ2n) is 6.22. The molecule has 2 amide bonds. The fourth-order valence-electron chi connectivity index (χ4n) is 3.04. The van der Waals surface area contributed by atoms with Crippen LogP contribution in [0.15, 0.2) is 24.3 Å². The Hall–Kier alpha value is -2.08. The van der Waals surface area contributed by atoms with Gasteiger partial charge in [-0.1, -0.05) is 12.1 Å². The van der Waals surface area contributed by atoms with E-state index in [0.29, 0.717) is 37.4 Å². The lowest BCUT2D eigenvalue weighted by Crippen LogP contribution is -2.28. The summed E-state index contributed by atoms with van der Waals surface area (Å²) in [6.45, 7) is 2.52. The summed E-state index contributed by atoms with van der Waals surface area (Å²) < 4.78 is 11.4. The molecule has 0 radical (unpaired) electrons. The molecule has 24 heavy (non-hydrogen) atoms. The van der Waals surface area contributed by atoms with Crippen LogP contribution in [0.3, 0.4) is 0 Å². The first-order valence-electron chi connectivity index (χ1n) is 8.63. The fraction of sp³-hybridized carbons (Fsp3) is 0.556. The molecule has 130 valence electrons. The number of ether oxygens (including phenoxy) is 2. The van der Waals surface area contributed by atoms with Crippen LogP contribution in [0.1, 0.15) is 32.1 Å². The van der Waals surface area contributed by atoms with E-state index in [1.54, 1.807) is 4.90 Å². The number of rotatable bonds is 7. The molecule has 6 nitrogen and oxygen atoms in total. The summed E-state index contributed by atoms with van der Waals surface area (Å²) in [5.74, 6) is 0.685. The molecule has 0 bridgehead atoms. The molecule has 1 atom stereocenters. The van der Waals surface area contributed by atoms with Crippen LogP contribution < -0.4 is 10.1 Å². The Morgan fingerprint density at radius 2 is 2.21 bits per heavy atom. The van der Waals surface area contributed by atoms with Gasteiger partial charge in [-0.25, -0.2) is 0 Å². The van der Waals surface area contributed by atoms with E-state index in [0.717, 1.165) is 32.4 Å². The summed E-state index contributed by atoms with van der Waals surface area (Å²) >= 11 is 0. The van der Waals surface area contributed by atoms with E-state index in [1.807, 2.05) is 24.3 Å². The Kier molecular flexibility index (Phi) is 5.69. The van der Waals surface area contributed by atoms with Crippen LogP contribution in [0.4, 0.5) is 5.69 Å². The zero-order valence-corrected chi connectivity index (χ0v) is 13.8. The van der Waals surface area contributed by atoms with Crippen molar-refractivity contribution in [2.45, 2.75) is 38.2 Å². The summed E-state index contributed by atoms with van der Waals surface area (Å²) in [6.07, 6.45) is 4.00. The molecule has 1 aromatic carbocycles. The minimum absolute atomic E-state index is 0.108. The van der Waals surface area contributed by atoms with E-state index in [4.69, 9.17) is 9.47 Å². The highest BCUT2D eigenvalue weighted by atomic mass is 16.5. The van der Waals surface area contributed by atoms with E-state index >= 15 is 0 Å². The Morgan fingerprint density at radius 1 is 1.33 bits per heavy atom. The topological polar surface area (TPSA) is 67.9 Å². The highest BCUT2D eigenvalue weighted by Gasteiger charge is 2.21. The van der Waals surface area contributed by atoms with Gasteiger partial charge < -0.3 is 19.7 Å². The molecule has 6 heteroatoms. The Morgan fingerprint density at radius 3 is 2.96 bits per heavy atom. The van der Waals surface area contributed by atoms with Crippen LogP contribution in [-0.4, -0.2) is 49.1 Å². The van der Waals surface area contributed by atoms with Gasteiger partial charge in [-0.3, -0.25) is 9.59 Å². The number of likely N-dealkylation sites (tertiary alicyclic amines) is 1. The SMILES string of the molecule is O=C(CCN1CCCC1=O)Nc1ccccc1OCC1CCCO1. The molecule has 2 saturated heterocycles. The molecule has 2 aliphatic heterocycles. The first-order chi connectivity index (χ1) is 11.7. The van der Waals surface area contributed by atoms with Crippen molar-refractivity contribution >= 4 is 17.5 Å². The van der Waals surface area contributed by atoms with Gasteiger partial charge in [0.25, 0.3) is 0 Å². The minimum atomic E-state index is -0.108. The van der Waals surface area contributed by atoms with E-state index < -0.39 is 0 Å². The summed E-state index contributed by atoms with van der Waals surface area (Å²) in [7, 11) is 0. The second-order valence-corrected chi connectivity index (χ2v) is 6.22. The molecule has 2 heterocycles. The number of nitrogens with zero attached hydrogens (tertiary/aromatic N) is 1. The zero-order chi connectivity index (χ0) is 16.8. The van der Waals surface area contributed by atoms with Crippen molar-refractivity contribution in [2.75, 3.05) is 31.6 Å². The highest BCUT2D eigenvalue weighted by molar-refractivity contribution is 5.92. The highest BCUT2D eigenvalue weighted by Crippen LogP contribution is 2.25. The van der Waals surface area contributed by atoms with Crippen LogP contribution in [0.25, 0.3) is 0 Å². The van der Waals surface area contributed by atoms with Gasteiger partial charge in [0.15, 0.2) is 0 Å². The molecule has 0 saturated carbocycles. The number of nitrogens with one attached hydrogen (secondary N) is 1. The number of hydrogen-bond donors (Lipinski definition) is 1. The van der Waals surface area contributed by atoms with Crippen LogP contribution in [-0.2, 0) is 14.3 Å². The van der Waals surface area contributed by atoms with E-state index in [1.165, 1.54) is 0 Å². The minimum Gasteiger partial charge on any atom is -0.489 e. The smallest absolute Gasteiger partial charge is 0.226 e. The summed E-state index contributed by atoms with van der Waals surface area (Å²) in [6, 6.07) is 7.40. The third-order valence-corrected chi connectivity index (χ3v) is 4.39. The maximum atomic E-state index is 12.2. The van der Waals surface area contributed by atoms with Gasteiger partial charge in [-0.05, 0) is 31.4 Å². The molecule has 0 aromatic heterocycles. The van der Waals surface area contributed by atoms with Crippen molar-refractivity contribution in [3.05, 3.63) is 24.3 Å². The van der Waals surface area contributed by atoms with Crippen LogP contribution >= 0.6 is 0 Å². The second kappa shape index (κ2) is 8.15. The molecule has 0 aliphatic carbocycles. The number of amides is 2. The van der Waals surface area contributed by atoms with Crippen LogP contribution in [0.5, 0.6) is 5.75 Å². The molecular formula is C18H24N2O4. The standard InChI is InChI=1S/C18H24N2O4/c21-17(9-11-20-10-3-8-18(20)22)19-15-6-1-2-7-16(15)24-13-14-5-4-12-23-14/h1-2,6-7,14H,3-5,8-13H2,(H,19,21). The molecule has 1 N–H and O–H groups in total.